The average Bonchev–Trinajstić information content (AvgIpc) is 3.18. The number of carbonyl (C=O) groups excluding carboxylic acids is 3. The summed E-state index contributed by atoms with van der Waals surface area (Å²) in [7, 11) is -30.4. The molecule has 0 fully saturated rings. The van der Waals surface area contributed by atoms with Crippen molar-refractivity contribution in [3.63, 3.8) is 0 Å². The molecule has 0 aromatic heterocycles. The third-order valence-electron chi connectivity index (χ3n) is 9.07. The van der Waals surface area contributed by atoms with Crippen LogP contribution in [0.4, 0.5) is 27.5 Å². The van der Waals surface area contributed by atoms with Gasteiger partial charge in [0.15, 0.2) is 0 Å². The highest BCUT2D eigenvalue weighted by Crippen LogP contribution is 2.35. The third kappa shape index (κ3) is 10.6. The molecule has 0 spiro atoms. The van der Waals surface area contributed by atoms with Gasteiger partial charge in [0, 0.05) is 44.3 Å². The molecule has 0 heterocycles. The van der Waals surface area contributed by atoms with E-state index < -0.39 is 130 Å². The number of hydrogen-bond donors (Lipinski definition) is 10. The quantitative estimate of drug-likeness (QED) is 0.0782. The number of rotatable bonds is 12. The van der Waals surface area contributed by atoms with Gasteiger partial charge in [-0.3, -0.25) is 36.9 Å². The minimum absolute atomic E-state index is 0.357. The van der Waals surface area contributed by atoms with Gasteiger partial charge >= 0.3 is 6.03 Å². The summed E-state index contributed by atoms with van der Waals surface area (Å²) in [6.45, 7) is 0. The molecule has 0 saturated heterocycles. The van der Waals surface area contributed by atoms with Crippen LogP contribution in [0.5, 0.6) is 0 Å². The SMILES string of the molecule is O=C(Nc1ccc(C(=O)Nc2ccc(S(=O)(=O)O)c3ccc(S(=O)(=O)O)cc23)c(S(=O)(=O)O)c1)Nc1ccc(C(=O)Nc2ccc(S(=O)(=O)O)c3ccc(S(=O)(=O)O)cc23)c(S(=O)(=O)O)c1. The van der Waals surface area contributed by atoms with Crippen LogP contribution < -0.4 is 21.3 Å². The van der Waals surface area contributed by atoms with Gasteiger partial charge in [0.2, 0.25) is 0 Å². The summed E-state index contributed by atoms with van der Waals surface area (Å²) < 4.78 is 203. The molecule has 6 rings (SSSR count). The van der Waals surface area contributed by atoms with Gasteiger partial charge in [0.25, 0.3) is 72.5 Å². The van der Waals surface area contributed by atoms with Crippen LogP contribution in [0.25, 0.3) is 21.5 Å². The van der Waals surface area contributed by atoms with Gasteiger partial charge in [-0.1, -0.05) is 12.1 Å². The fourth-order valence-corrected chi connectivity index (χ4v) is 10.1. The molecule has 0 atom stereocenters. The van der Waals surface area contributed by atoms with Crippen LogP contribution in [0.3, 0.4) is 0 Å². The summed E-state index contributed by atoms with van der Waals surface area (Å²) in [6.07, 6.45) is 0. The predicted molar refractivity (Wildman–Crippen MR) is 228 cm³/mol. The lowest BCUT2D eigenvalue weighted by Gasteiger charge is -2.15. The van der Waals surface area contributed by atoms with Gasteiger partial charge < -0.3 is 21.3 Å². The number of nitrogens with one attached hydrogen (secondary N) is 4. The molecule has 66 heavy (non-hydrogen) atoms. The van der Waals surface area contributed by atoms with Crippen LogP contribution in [0, 0.1) is 0 Å². The number of urea groups is 1. The van der Waals surface area contributed by atoms with Gasteiger partial charge in [-0.2, -0.15) is 50.5 Å². The van der Waals surface area contributed by atoms with Crippen molar-refractivity contribution in [1.82, 2.24) is 0 Å². The monoisotopic (exact) mass is 1030 g/mol. The van der Waals surface area contributed by atoms with Crippen LogP contribution in [0.1, 0.15) is 20.7 Å². The second-order valence-corrected chi connectivity index (χ2v) is 21.8. The molecular weight excluding hydrogens is 1000 g/mol. The fraction of sp³-hybridized carbons (Fsp3) is 0. The van der Waals surface area contributed by atoms with Gasteiger partial charge in [-0.15, -0.1) is 0 Å². The van der Waals surface area contributed by atoms with Gasteiger partial charge in [0.05, 0.1) is 20.9 Å². The third-order valence-corrected chi connectivity index (χ3v) is 14.4. The molecule has 0 saturated carbocycles. The van der Waals surface area contributed by atoms with Crippen LogP contribution >= 0.6 is 0 Å². The largest absolute Gasteiger partial charge is 0.323 e. The highest BCUT2D eigenvalue weighted by molar-refractivity contribution is 7.87. The zero-order valence-corrected chi connectivity index (χ0v) is 36.9. The lowest BCUT2D eigenvalue weighted by atomic mass is 10.1. The second kappa shape index (κ2) is 17.1. The Labute approximate surface area is 372 Å². The first kappa shape index (κ1) is 49.0. The van der Waals surface area contributed by atoms with Crippen molar-refractivity contribution in [2.75, 3.05) is 21.3 Å². The summed E-state index contributed by atoms with van der Waals surface area (Å²) in [5, 5.41) is 7.17. The normalized spacial score (nSPS) is 12.7. The average molecular weight is 1030 g/mol. The Morgan fingerprint density at radius 3 is 0.970 bits per heavy atom. The van der Waals surface area contributed by atoms with Crippen molar-refractivity contribution in [2.24, 2.45) is 0 Å². The van der Waals surface area contributed by atoms with E-state index in [1.807, 2.05) is 0 Å². The summed E-state index contributed by atoms with van der Waals surface area (Å²) in [5.74, 6) is -2.66. The molecule has 348 valence electrons. The Morgan fingerprint density at radius 2 is 0.667 bits per heavy atom. The number of fused-ring (bicyclic) bond motifs is 2. The van der Waals surface area contributed by atoms with Gasteiger partial charge in [-0.05, 0) is 84.9 Å². The lowest BCUT2D eigenvalue weighted by Crippen LogP contribution is -2.22. The highest BCUT2D eigenvalue weighted by atomic mass is 32.2. The van der Waals surface area contributed by atoms with Crippen molar-refractivity contribution < 1.29 is 92.2 Å². The summed E-state index contributed by atoms with van der Waals surface area (Å²) in [4.78, 5) is 34.5. The molecule has 0 aliphatic carbocycles. The molecule has 0 aliphatic heterocycles. The van der Waals surface area contributed by atoms with E-state index in [0.717, 1.165) is 84.9 Å². The zero-order valence-electron chi connectivity index (χ0n) is 32.0. The fourth-order valence-electron chi connectivity index (χ4n) is 6.26. The van der Waals surface area contributed by atoms with Crippen LogP contribution in [0.2, 0.25) is 0 Å². The Morgan fingerprint density at radius 1 is 0.333 bits per heavy atom. The smallest absolute Gasteiger partial charge is 0.321 e. The van der Waals surface area contributed by atoms with E-state index in [1.165, 1.54) is 0 Å². The molecule has 0 bridgehead atoms. The van der Waals surface area contributed by atoms with Gasteiger partial charge in [0.1, 0.15) is 19.6 Å². The second-order valence-electron chi connectivity index (χ2n) is 13.4. The Balaban J connectivity index is 1.27. The van der Waals surface area contributed by atoms with Crippen molar-refractivity contribution >= 4 is 123 Å². The van der Waals surface area contributed by atoms with Crippen LogP contribution in [0.15, 0.2) is 126 Å². The number of hydrogen-bond acceptors (Lipinski definition) is 15. The predicted octanol–water partition coefficient (Wildman–Crippen LogP) is 3.62. The van der Waals surface area contributed by atoms with E-state index in [-0.39, 0.29) is 32.9 Å². The van der Waals surface area contributed by atoms with Crippen molar-refractivity contribution in [1.29, 1.82) is 0 Å². The van der Waals surface area contributed by atoms with Gasteiger partial charge in [-0.25, -0.2) is 4.79 Å². The minimum Gasteiger partial charge on any atom is -0.321 e. The summed E-state index contributed by atoms with van der Waals surface area (Å²) >= 11 is 0. The zero-order chi connectivity index (χ0) is 49.1. The van der Waals surface area contributed by atoms with E-state index in [4.69, 9.17) is 0 Å². The van der Waals surface area contributed by atoms with Crippen molar-refractivity contribution in [2.45, 2.75) is 29.4 Å². The number of carbonyl (C=O) groups is 3. The Hall–Kier alpha value is -6.49. The number of anilines is 4. The maximum atomic E-state index is 13.4. The van der Waals surface area contributed by atoms with Crippen LogP contribution in [-0.2, 0) is 60.7 Å². The highest BCUT2D eigenvalue weighted by Gasteiger charge is 2.27. The Kier molecular flexibility index (Phi) is 12.7. The molecule has 4 amide bonds. The summed E-state index contributed by atoms with van der Waals surface area (Å²) in [6, 6.07) is 11.5. The molecule has 6 aromatic carbocycles. The Bertz CT molecular complexity index is 3580. The van der Waals surface area contributed by atoms with E-state index in [1.54, 1.807) is 0 Å². The molecule has 0 unspecified atom stereocenters. The van der Waals surface area contributed by atoms with Crippen molar-refractivity contribution in [3.8, 4) is 0 Å². The van der Waals surface area contributed by atoms with E-state index in [2.05, 4.69) is 21.3 Å². The first-order valence-corrected chi connectivity index (χ1v) is 25.8. The molecule has 0 radical (unpaired) electrons. The van der Waals surface area contributed by atoms with E-state index >= 15 is 0 Å². The lowest BCUT2D eigenvalue weighted by molar-refractivity contribution is 0.101. The maximum absolute atomic E-state index is 13.4. The van der Waals surface area contributed by atoms with Crippen molar-refractivity contribution in [3.05, 3.63) is 108 Å². The van der Waals surface area contributed by atoms with Crippen LogP contribution in [-0.4, -0.2) is 95.7 Å². The minimum atomic E-state index is -5.34. The molecule has 6 aromatic rings. The first-order chi connectivity index (χ1) is 30.2. The molecule has 25 nitrogen and oxygen atoms in total. The number of benzene rings is 6. The molecule has 0 aliphatic rings. The van der Waals surface area contributed by atoms with E-state index in [9.17, 15) is 92.2 Å². The molecule has 10 N–H and O–H groups in total. The number of amides is 4. The maximum Gasteiger partial charge on any atom is 0.323 e. The first-order valence-electron chi connectivity index (χ1n) is 17.2. The molecule has 31 heteroatoms. The standard InChI is InChI=1S/C35H26N4O21S6/c40-33(38-27-9-11-29(63(49,50)51)21-7-3-19(15-25(21)27)61(43,44)45)23-5-1-17(13-31(23)65(55,56)57)36-35(42)37-18-2-6-24(32(14-18)66(58,59)60)34(41)39-28-10-12-30(64(52,53)54)22-8-4-20(16-26(22)28)62(46,47)48/h1-16H,(H,38,40)(H,39,41)(H2,36,37,42)(H,43,44,45)(H,46,47,48)(H,49,50,51)(H,52,53,54)(H,55,56,57)(H,58,59,60). The molecular formula is C35H26N4O21S6. The van der Waals surface area contributed by atoms with E-state index in [0.29, 0.717) is 12.1 Å². The topological polar surface area (TPSA) is 426 Å². The summed E-state index contributed by atoms with van der Waals surface area (Å²) in [5.41, 5.74) is -3.30.